The highest BCUT2D eigenvalue weighted by atomic mass is 19.1. The number of carbonyl (C=O) groups excluding carboxylic acids is 3. The van der Waals surface area contributed by atoms with Gasteiger partial charge in [-0.05, 0) is 80.2 Å². The third kappa shape index (κ3) is 8.88. The van der Waals surface area contributed by atoms with Gasteiger partial charge in [-0.3, -0.25) is 14.4 Å². The van der Waals surface area contributed by atoms with Gasteiger partial charge in [0.05, 0.1) is 0 Å². The number of hydrogen-bond acceptors (Lipinski definition) is 5. The molecule has 3 aromatic rings. The summed E-state index contributed by atoms with van der Waals surface area (Å²) in [5, 5.41) is 8.62. The second-order valence-corrected chi connectivity index (χ2v) is 11.3. The summed E-state index contributed by atoms with van der Waals surface area (Å²) in [6.45, 7) is 2.59. The van der Waals surface area contributed by atoms with Gasteiger partial charge in [0.1, 0.15) is 29.4 Å². The first-order valence-corrected chi connectivity index (χ1v) is 15.1. The zero-order valence-electron chi connectivity index (χ0n) is 24.3. The van der Waals surface area contributed by atoms with Gasteiger partial charge in [-0.15, -0.1) is 0 Å². The van der Waals surface area contributed by atoms with Crippen LogP contribution in [-0.4, -0.2) is 54.3 Å². The maximum absolute atomic E-state index is 14.2. The molecule has 2 heterocycles. The minimum Gasteiger partial charge on any atom is -0.457 e. The summed E-state index contributed by atoms with van der Waals surface area (Å²) >= 11 is 0. The fraction of sp³-hybridized carbons (Fsp3) is 0.382. The minimum atomic E-state index is -0.958. The van der Waals surface area contributed by atoms with Crippen LogP contribution in [0.4, 0.5) is 4.39 Å². The molecular formula is C34H39FN4O4. The first-order chi connectivity index (χ1) is 20.9. The maximum atomic E-state index is 14.2. The van der Waals surface area contributed by atoms with Gasteiger partial charge < -0.3 is 25.6 Å². The van der Waals surface area contributed by atoms with Crippen molar-refractivity contribution in [3.05, 3.63) is 95.3 Å². The van der Waals surface area contributed by atoms with Crippen LogP contribution in [0, 0.1) is 5.82 Å². The molecule has 226 valence electrons. The lowest BCUT2D eigenvalue weighted by molar-refractivity contribution is -0.132. The Morgan fingerprint density at radius 2 is 1.60 bits per heavy atom. The van der Waals surface area contributed by atoms with Crippen LogP contribution in [0.3, 0.4) is 0 Å². The molecule has 0 aliphatic carbocycles. The second kappa shape index (κ2) is 14.8. The summed E-state index contributed by atoms with van der Waals surface area (Å²) in [5.74, 6) is -0.275. The Hall–Kier alpha value is -4.24. The Morgan fingerprint density at radius 1 is 0.884 bits per heavy atom. The van der Waals surface area contributed by atoms with Crippen molar-refractivity contribution in [2.24, 2.45) is 0 Å². The van der Waals surface area contributed by atoms with Crippen LogP contribution in [0.1, 0.15) is 48.8 Å². The maximum Gasteiger partial charge on any atom is 0.243 e. The van der Waals surface area contributed by atoms with Crippen molar-refractivity contribution in [2.75, 3.05) is 19.6 Å². The summed E-state index contributed by atoms with van der Waals surface area (Å²) in [6, 6.07) is 19.5. The van der Waals surface area contributed by atoms with E-state index >= 15 is 0 Å². The van der Waals surface area contributed by atoms with E-state index in [1.807, 2.05) is 48.5 Å². The van der Waals surface area contributed by atoms with E-state index in [2.05, 4.69) is 20.9 Å². The molecule has 0 radical (unpaired) electrons. The SMILES string of the molecule is O=C1CCc2cccc(c2)Oc2cccc(c2)C[C@@H](C(=O)NCc2ccccc2F)NC(=O)[C@H](CCN2CCCCC2)N1. The van der Waals surface area contributed by atoms with Gasteiger partial charge >= 0.3 is 0 Å². The Bertz CT molecular complexity index is 1420. The lowest BCUT2D eigenvalue weighted by Crippen LogP contribution is -2.55. The van der Waals surface area contributed by atoms with Crippen LogP contribution >= 0.6 is 0 Å². The minimum absolute atomic E-state index is 0.0213. The van der Waals surface area contributed by atoms with Crippen LogP contribution in [0.25, 0.3) is 0 Å². The fourth-order valence-electron chi connectivity index (χ4n) is 5.59. The number of benzene rings is 3. The third-order valence-electron chi connectivity index (χ3n) is 7.99. The molecule has 9 heteroatoms. The lowest BCUT2D eigenvalue weighted by atomic mass is 10.0. The summed E-state index contributed by atoms with van der Waals surface area (Å²) in [6.07, 6.45) is 4.75. The zero-order valence-corrected chi connectivity index (χ0v) is 24.3. The summed E-state index contributed by atoms with van der Waals surface area (Å²) in [5.41, 5.74) is 2.08. The van der Waals surface area contributed by atoms with Crippen molar-refractivity contribution >= 4 is 17.7 Å². The number of nitrogens with one attached hydrogen (secondary N) is 3. The van der Waals surface area contributed by atoms with Crippen molar-refractivity contribution in [1.29, 1.82) is 0 Å². The number of piperidine rings is 1. The van der Waals surface area contributed by atoms with Crippen molar-refractivity contribution < 1.29 is 23.5 Å². The van der Waals surface area contributed by atoms with Crippen LogP contribution in [0.2, 0.25) is 0 Å². The van der Waals surface area contributed by atoms with Crippen LogP contribution in [0.5, 0.6) is 11.5 Å². The highest BCUT2D eigenvalue weighted by Gasteiger charge is 2.28. The van der Waals surface area contributed by atoms with Gasteiger partial charge in [-0.25, -0.2) is 4.39 Å². The molecule has 3 aromatic carbocycles. The number of carbonyl (C=O) groups is 3. The van der Waals surface area contributed by atoms with Gasteiger partial charge in [0.15, 0.2) is 0 Å². The molecule has 5 rings (SSSR count). The van der Waals surface area contributed by atoms with Crippen molar-refractivity contribution in [2.45, 2.75) is 63.6 Å². The molecule has 2 atom stereocenters. The van der Waals surface area contributed by atoms with E-state index in [0.717, 1.165) is 37.1 Å². The number of halogens is 1. The van der Waals surface area contributed by atoms with Crippen LogP contribution in [0.15, 0.2) is 72.8 Å². The van der Waals surface area contributed by atoms with E-state index in [9.17, 15) is 18.8 Å². The molecule has 0 aromatic heterocycles. The predicted octanol–water partition coefficient (Wildman–Crippen LogP) is 4.27. The molecule has 2 aliphatic rings. The zero-order chi connectivity index (χ0) is 30.0. The van der Waals surface area contributed by atoms with E-state index in [1.54, 1.807) is 18.2 Å². The van der Waals surface area contributed by atoms with E-state index in [4.69, 9.17) is 4.74 Å². The van der Waals surface area contributed by atoms with E-state index < -0.39 is 29.7 Å². The summed E-state index contributed by atoms with van der Waals surface area (Å²) in [7, 11) is 0. The standard InChI is InChI=1S/C34H39FN4O4/c35-29-13-3-2-10-26(29)23-36-33(41)31-22-25-9-7-12-28(21-25)43-27-11-6-8-24(20-27)14-15-32(40)37-30(34(42)38-31)16-19-39-17-4-1-5-18-39/h2-3,6-13,20-21,30-31H,1,4-5,14-19,22-23H2,(H,36,41)(H,37,40)(H,38,42)/t30-,31-/m0/s1. The molecule has 0 saturated carbocycles. The molecule has 2 aliphatic heterocycles. The summed E-state index contributed by atoms with van der Waals surface area (Å²) < 4.78 is 20.3. The Labute approximate surface area is 252 Å². The quantitative estimate of drug-likeness (QED) is 0.401. The van der Waals surface area contributed by atoms with E-state index in [-0.39, 0.29) is 25.3 Å². The molecule has 43 heavy (non-hydrogen) atoms. The molecule has 4 bridgehead atoms. The smallest absolute Gasteiger partial charge is 0.243 e. The number of nitrogens with zero attached hydrogens (tertiary/aromatic N) is 1. The molecular weight excluding hydrogens is 547 g/mol. The number of fused-ring (bicyclic) bond motifs is 4. The molecule has 0 unspecified atom stereocenters. The molecule has 1 saturated heterocycles. The average molecular weight is 587 g/mol. The Kier molecular flexibility index (Phi) is 10.4. The van der Waals surface area contributed by atoms with Gasteiger partial charge in [0.25, 0.3) is 0 Å². The predicted molar refractivity (Wildman–Crippen MR) is 162 cm³/mol. The van der Waals surface area contributed by atoms with Crippen molar-refractivity contribution in [3.63, 3.8) is 0 Å². The number of rotatable bonds is 6. The second-order valence-electron chi connectivity index (χ2n) is 11.3. The highest BCUT2D eigenvalue weighted by molar-refractivity contribution is 5.92. The molecule has 3 amide bonds. The normalized spacial score (nSPS) is 19.9. The largest absolute Gasteiger partial charge is 0.457 e. The third-order valence-corrected chi connectivity index (χ3v) is 7.99. The Balaban J connectivity index is 1.40. The number of amides is 3. The Morgan fingerprint density at radius 3 is 2.37 bits per heavy atom. The summed E-state index contributed by atoms with van der Waals surface area (Å²) in [4.78, 5) is 42.6. The topological polar surface area (TPSA) is 99.8 Å². The molecule has 8 nitrogen and oxygen atoms in total. The monoisotopic (exact) mass is 586 g/mol. The van der Waals surface area contributed by atoms with Crippen molar-refractivity contribution in [3.8, 4) is 11.5 Å². The van der Waals surface area contributed by atoms with Gasteiger partial charge in [-0.2, -0.15) is 0 Å². The first-order valence-electron chi connectivity index (χ1n) is 15.1. The number of likely N-dealkylation sites (tertiary alicyclic amines) is 1. The van der Waals surface area contributed by atoms with Gasteiger partial charge in [0.2, 0.25) is 17.7 Å². The lowest BCUT2D eigenvalue weighted by Gasteiger charge is -2.29. The number of hydrogen-bond donors (Lipinski definition) is 3. The van der Waals surface area contributed by atoms with E-state index in [1.165, 1.54) is 12.5 Å². The number of aryl methyl sites for hydroxylation is 1. The molecule has 0 spiro atoms. The average Bonchev–Trinajstić information content (AvgIpc) is 3.01. The van der Waals surface area contributed by atoms with E-state index in [0.29, 0.717) is 36.4 Å². The fourth-order valence-corrected chi connectivity index (χ4v) is 5.59. The van der Waals surface area contributed by atoms with Crippen molar-refractivity contribution in [1.82, 2.24) is 20.9 Å². The number of ether oxygens (including phenoxy) is 1. The first kappa shape index (κ1) is 30.2. The van der Waals surface area contributed by atoms with Crippen LogP contribution in [-0.2, 0) is 33.8 Å². The molecule has 3 N–H and O–H groups in total. The highest BCUT2D eigenvalue weighted by Crippen LogP contribution is 2.24. The van der Waals surface area contributed by atoms with Gasteiger partial charge in [0, 0.05) is 31.5 Å². The molecule has 1 fully saturated rings. The van der Waals surface area contributed by atoms with Gasteiger partial charge in [-0.1, -0.05) is 48.9 Å². The van der Waals surface area contributed by atoms with Crippen LogP contribution < -0.4 is 20.7 Å².